The fraction of sp³-hybridized carbons (Fsp3) is 0.455. The summed E-state index contributed by atoms with van der Waals surface area (Å²) in [5.41, 5.74) is 2.51. The van der Waals surface area contributed by atoms with Crippen LogP contribution in [0.2, 0.25) is 0 Å². The monoisotopic (exact) mass is 372 g/mol. The van der Waals surface area contributed by atoms with E-state index in [-0.39, 0.29) is 6.61 Å². The van der Waals surface area contributed by atoms with Gasteiger partial charge in [0.25, 0.3) is 0 Å². The lowest BCUT2D eigenvalue weighted by atomic mass is 10.1. The topological polar surface area (TPSA) is 26.7 Å². The van der Waals surface area contributed by atoms with E-state index >= 15 is 0 Å². The first-order valence-electron chi connectivity index (χ1n) is 9.53. The molecule has 3 nitrogen and oxygen atoms in total. The standard InChI is InChI=1S/C22H32N2OS/c1-23(2)16-6-7-17-24(18-8-9-19-25)26-22-14-12-21(13-15-22)20-10-4-3-5-11-20/h3-5,10-15,25H,6-9,16-19H2,1-2H3. The third kappa shape index (κ3) is 7.92. The summed E-state index contributed by atoms with van der Waals surface area (Å²) in [5.74, 6) is 0. The van der Waals surface area contributed by atoms with E-state index in [1.54, 1.807) is 0 Å². The van der Waals surface area contributed by atoms with Crippen molar-refractivity contribution in [1.29, 1.82) is 0 Å². The highest BCUT2D eigenvalue weighted by atomic mass is 32.2. The SMILES string of the molecule is CN(C)CCCCN(CCCCO)Sc1ccc(-c2ccccc2)cc1. The minimum atomic E-state index is 0.283. The van der Waals surface area contributed by atoms with Crippen LogP contribution in [-0.2, 0) is 0 Å². The number of nitrogens with zero attached hydrogens (tertiary/aromatic N) is 2. The molecule has 2 rings (SSSR count). The number of unbranched alkanes of at least 4 members (excludes halogenated alkanes) is 2. The summed E-state index contributed by atoms with van der Waals surface area (Å²) in [7, 11) is 4.25. The maximum Gasteiger partial charge on any atom is 0.0431 e. The summed E-state index contributed by atoms with van der Waals surface area (Å²) in [4.78, 5) is 3.52. The molecule has 0 aliphatic heterocycles. The Kier molecular flexibility index (Phi) is 9.78. The van der Waals surface area contributed by atoms with Crippen molar-refractivity contribution in [3.05, 3.63) is 54.6 Å². The maximum absolute atomic E-state index is 9.05. The smallest absolute Gasteiger partial charge is 0.0431 e. The number of hydrogen-bond donors (Lipinski definition) is 1. The number of aliphatic hydroxyl groups is 1. The van der Waals surface area contributed by atoms with Crippen LogP contribution in [0.3, 0.4) is 0 Å². The summed E-state index contributed by atoms with van der Waals surface area (Å²) < 4.78 is 2.45. The van der Waals surface area contributed by atoms with Crippen LogP contribution in [0.25, 0.3) is 11.1 Å². The Bertz CT molecular complexity index is 601. The van der Waals surface area contributed by atoms with Crippen LogP contribution in [0.1, 0.15) is 25.7 Å². The van der Waals surface area contributed by atoms with Crippen molar-refractivity contribution >= 4 is 11.9 Å². The first kappa shape index (κ1) is 21.0. The van der Waals surface area contributed by atoms with Crippen molar-refractivity contribution < 1.29 is 5.11 Å². The Morgan fingerprint density at radius 2 is 1.31 bits per heavy atom. The Morgan fingerprint density at radius 3 is 1.92 bits per heavy atom. The lowest BCUT2D eigenvalue weighted by molar-refractivity contribution is 0.277. The molecule has 0 fully saturated rings. The molecule has 1 N–H and O–H groups in total. The van der Waals surface area contributed by atoms with E-state index in [0.29, 0.717) is 0 Å². The minimum absolute atomic E-state index is 0.283. The van der Waals surface area contributed by atoms with Gasteiger partial charge in [0.2, 0.25) is 0 Å². The molecule has 0 aliphatic rings. The van der Waals surface area contributed by atoms with Crippen LogP contribution < -0.4 is 0 Å². The second kappa shape index (κ2) is 12.1. The van der Waals surface area contributed by atoms with Gasteiger partial charge in [0.1, 0.15) is 0 Å². The van der Waals surface area contributed by atoms with Crippen LogP contribution in [0.15, 0.2) is 59.5 Å². The predicted molar refractivity (Wildman–Crippen MR) is 113 cm³/mol. The quantitative estimate of drug-likeness (QED) is 0.428. The number of benzene rings is 2. The van der Waals surface area contributed by atoms with Gasteiger partial charge in [0.05, 0.1) is 0 Å². The maximum atomic E-state index is 9.05. The Balaban J connectivity index is 1.90. The molecule has 0 aliphatic carbocycles. The van der Waals surface area contributed by atoms with Crippen molar-refractivity contribution in [2.24, 2.45) is 0 Å². The van der Waals surface area contributed by atoms with Gasteiger partial charge in [-0.15, -0.1) is 0 Å². The molecule has 26 heavy (non-hydrogen) atoms. The third-order valence-electron chi connectivity index (χ3n) is 4.27. The normalized spacial score (nSPS) is 11.4. The van der Waals surface area contributed by atoms with E-state index in [9.17, 15) is 0 Å². The molecule has 2 aromatic rings. The number of rotatable bonds is 12. The molecule has 0 saturated carbocycles. The molecule has 0 unspecified atom stereocenters. The first-order chi connectivity index (χ1) is 12.7. The van der Waals surface area contributed by atoms with Gasteiger partial charge < -0.3 is 10.0 Å². The van der Waals surface area contributed by atoms with E-state index < -0.39 is 0 Å². The summed E-state index contributed by atoms with van der Waals surface area (Å²) in [6.45, 7) is 3.53. The molecule has 0 atom stereocenters. The van der Waals surface area contributed by atoms with Crippen LogP contribution in [-0.4, -0.2) is 54.6 Å². The summed E-state index contributed by atoms with van der Waals surface area (Å²) >= 11 is 1.84. The summed E-state index contributed by atoms with van der Waals surface area (Å²) in [6.07, 6.45) is 4.34. The van der Waals surface area contributed by atoms with Gasteiger partial charge >= 0.3 is 0 Å². The van der Waals surface area contributed by atoms with Gasteiger partial charge in [0, 0.05) is 24.6 Å². The molecule has 2 aromatic carbocycles. The highest BCUT2D eigenvalue weighted by Crippen LogP contribution is 2.27. The largest absolute Gasteiger partial charge is 0.396 e. The van der Waals surface area contributed by atoms with E-state index in [1.807, 2.05) is 18.0 Å². The molecule has 0 saturated heterocycles. The van der Waals surface area contributed by atoms with Crippen molar-refractivity contribution in [2.75, 3.05) is 40.3 Å². The lowest BCUT2D eigenvalue weighted by Crippen LogP contribution is -2.20. The Morgan fingerprint density at radius 1 is 0.731 bits per heavy atom. The van der Waals surface area contributed by atoms with Crippen LogP contribution in [0.5, 0.6) is 0 Å². The van der Waals surface area contributed by atoms with Gasteiger partial charge in [0.15, 0.2) is 0 Å². The van der Waals surface area contributed by atoms with E-state index in [2.05, 4.69) is 71.8 Å². The molecule has 0 amide bonds. The fourth-order valence-corrected chi connectivity index (χ4v) is 3.80. The fourth-order valence-electron chi connectivity index (χ4n) is 2.81. The molecule has 142 valence electrons. The zero-order valence-electron chi connectivity index (χ0n) is 16.1. The van der Waals surface area contributed by atoms with Gasteiger partial charge in [-0.3, -0.25) is 0 Å². The first-order valence-corrected chi connectivity index (χ1v) is 10.3. The lowest BCUT2D eigenvalue weighted by Gasteiger charge is -2.21. The number of aliphatic hydroxyl groups excluding tert-OH is 1. The van der Waals surface area contributed by atoms with Crippen molar-refractivity contribution in [3.63, 3.8) is 0 Å². The Labute approximate surface area is 163 Å². The zero-order valence-corrected chi connectivity index (χ0v) is 16.9. The van der Waals surface area contributed by atoms with Crippen molar-refractivity contribution in [3.8, 4) is 11.1 Å². The van der Waals surface area contributed by atoms with E-state index in [0.717, 1.165) is 32.5 Å². The number of hydrogen-bond acceptors (Lipinski definition) is 4. The van der Waals surface area contributed by atoms with Crippen LogP contribution >= 0.6 is 11.9 Å². The molecular weight excluding hydrogens is 340 g/mol. The van der Waals surface area contributed by atoms with Gasteiger partial charge in [-0.2, -0.15) is 0 Å². The molecular formula is C22H32N2OS. The summed E-state index contributed by atoms with van der Waals surface area (Å²) in [6, 6.07) is 19.3. The molecule has 0 aromatic heterocycles. The van der Waals surface area contributed by atoms with E-state index in [1.165, 1.54) is 28.9 Å². The predicted octanol–water partition coefficient (Wildman–Crippen LogP) is 4.78. The second-order valence-corrected chi connectivity index (χ2v) is 8.02. The Hall–Kier alpha value is -1.33. The molecule has 0 radical (unpaired) electrons. The minimum Gasteiger partial charge on any atom is -0.396 e. The average Bonchev–Trinajstić information content (AvgIpc) is 2.66. The van der Waals surface area contributed by atoms with Crippen LogP contribution in [0, 0.1) is 0 Å². The highest BCUT2D eigenvalue weighted by Gasteiger charge is 2.08. The zero-order chi connectivity index (χ0) is 18.6. The molecule has 0 spiro atoms. The van der Waals surface area contributed by atoms with Gasteiger partial charge in [-0.25, -0.2) is 4.31 Å². The molecule has 4 heteroatoms. The second-order valence-electron chi connectivity index (χ2n) is 6.85. The van der Waals surface area contributed by atoms with Gasteiger partial charge in [-0.05, 0) is 81.5 Å². The van der Waals surface area contributed by atoms with Crippen molar-refractivity contribution in [1.82, 2.24) is 9.21 Å². The average molecular weight is 373 g/mol. The van der Waals surface area contributed by atoms with Crippen LogP contribution in [0.4, 0.5) is 0 Å². The third-order valence-corrected chi connectivity index (χ3v) is 5.38. The van der Waals surface area contributed by atoms with Gasteiger partial charge in [-0.1, -0.05) is 42.5 Å². The van der Waals surface area contributed by atoms with Crippen molar-refractivity contribution in [2.45, 2.75) is 30.6 Å². The molecule has 0 bridgehead atoms. The highest BCUT2D eigenvalue weighted by molar-refractivity contribution is 7.97. The summed E-state index contributed by atoms with van der Waals surface area (Å²) in [5, 5.41) is 9.05. The van der Waals surface area contributed by atoms with E-state index in [4.69, 9.17) is 5.11 Å². The molecule has 0 heterocycles.